The second kappa shape index (κ2) is 14.1. The molecule has 1 amide bonds. The van der Waals surface area contributed by atoms with Crippen LogP contribution < -0.4 is 4.72 Å². The van der Waals surface area contributed by atoms with Gasteiger partial charge in [-0.1, -0.05) is 43.7 Å². The van der Waals surface area contributed by atoms with Gasteiger partial charge in [-0.05, 0) is 50.1 Å². The van der Waals surface area contributed by atoms with Crippen molar-refractivity contribution in [2.45, 2.75) is 50.7 Å². The molecule has 1 aliphatic heterocycles. The van der Waals surface area contributed by atoms with Gasteiger partial charge in [0, 0.05) is 5.56 Å². The third-order valence-corrected chi connectivity index (χ3v) is 8.11. The predicted octanol–water partition coefficient (Wildman–Crippen LogP) is 4.71. The van der Waals surface area contributed by atoms with E-state index in [0.29, 0.717) is 18.4 Å². The van der Waals surface area contributed by atoms with Gasteiger partial charge in [0.2, 0.25) is 5.28 Å². The zero-order valence-corrected chi connectivity index (χ0v) is 25.7. The lowest BCUT2D eigenvalue weighted by Gasteiger charge is -2.19. The first-order valence-electron chi connectivity index (χ1n) is 13.9. The maximum Gasteiger partial charge on any atom is 0.435 e. The average Bonchev–Trinajstić information content (AvgIpc) is 3.66. The second-order valence-corrected chi connectivity index (χ2v) is 12.2. The van der Waals surface area contributed by atoms with Gasteiger partial charge in [0.05, 0.1) is 33.7 Å². The van der Waals surface area contributed by atoms with Crippen molar-refractivity contribution in [2.24, 2.45) is 11.2 Å². The summed E-state index contributed by atoms with van der Waals surface area (Å²) in [5.41, 5.74) is 0.518. The second-order valence-electron chi connectivity index (χ2n) is 10.5. The monoisotopic (exact) mass is 668 g/mol. The Morgan fingerprint density at radius 1 is 1.13 bits per heavy atom. The minimum absolute atomic E-state index is 0.127. The summed E-state index contributed by atoms with van der Waals surface area (Å²) in [7, 11) is -4.45. The number of ether oxygens (including phenoxy) is 2. The van der Waals surface area contributed by atoms with Gasteiger partial charge >= 0.3 is 18.2 Å². The first-order valence-corrected chi connectivity index (χ1v) is 15.4. The van der Waals surface area contributed by atoms with Crippen molar-refractivity contribution in [3.63, 3.8) is 0 Å². The van der Waals surface area contributed by atoms with Crippen LogP contribution in [0.1, 0.15) is 37.9 Å². The van der Waals surface area contributed by atoms with Crippen LogP contribution in [-0.2, 0) is 35.3 Å². The van der Waals surface area contributed by atoms with Crippen LogP contribution in [0.2, 0.25) is 0 Å². The molecule has 2 aromatic carbocycles. The van der Waals surface area contributed by atoms with Crippen molar-refractivity contribution in [1.82, 2.24) is 19.5 Å². The molecule has 1 fully saturated rings. The van der Waals surface area contributed by atoms with Crippen LogP contribution in [-0.4, -0.2) is 66.2 Å². The molecule has 18 heteroatoms. The smallest absolute Gasteiger partial charge is 0.435 e. The molecule has 0 spiro atoms. The summed E-state index contributed by atoms with van der Waals surface area (Å²) in [5.74, 6) is -0.932. The Labute approximate surface area is 261 Å². The number of carbonyl (C=O) groups is 2. The molecule has 1 saturated heterocycles. The number of aromatic nitrogens is 2. The molecule has 1 atom stereocenters. The Bertz CT molecular complexity index is 1680. The summed E-state index contributed by atoms with van der Waals surface area (Å²) in [6.45, 7) is 4.38. The molecule has 1 aromatic heterocycles. The van der Waals surface area contributed by atoms with Crippen LogP contribution in [0, 0.1) is 18.0 Å². The molecular weight excluding hydrogens is 637 g/mol. The molecule has 0 unspecified atom stereocenters. The van der Waals surface area contributed by atoms with E-state index in [2.05, 4.69) is 10.4 Å². The molecule has 4 rings (SSSR count). The van der Waals surface area contributed by atoms with Gasteiger partial charge in [-0.15, -0.1) is 5.01 Å². The Hall–Kier alpha value is -4.87. The Morgan fingerprint density at radius 2 is 1.80 bits per heavy atom. The summed E-state index contributed by atoms with van der Waals surface area (Å²) in [5, 5.41) is 20.5. The number of hydrazine groups is 1. The van der Waals surface area contributed by atoms with Crippen LogP contribution in [0.3, 0.4) is 0 Å². The summed E-state index contributed by atoms with van der Waals surface area (Å²) in [4.78, 5) is 28.3. The number of nitrogens with one attached hydrogen (secondary N) is 1. The lowest BCUT2D eigenvalue weighted by Crippen LogP contribution is -2.40. The topological polar surface area (TPSA) is 167 Å². The van der Waals surface area contributed by atoms with Gasteiger partial charge < -0.3 is 19.5 Å². The van der Waals surface area contributed by atoms with Crippen molar-refractivity contribution in [3.8, 4) is 16.9 Å². The van der Waals surface area contributed by atoms with E-state index in [0.717, 1.165) is 28.4 Å². The van der Waals surface area contributed by atoms with Crippen LogP contribution in [0.4, 0.5) is 18.0 Å². The first kappa shape index (κ1) is 34.0. The fourth-order valence-corrected chi connectivity index (χ4v) is 5.26. The number of hydrogen-bond acceptors (Lipinski definition) is 10. The summed E-state index contributed by atoms with van der Waals surface area (Å²) in [6.07, 6.45) is -5.06. The molecular formula is C28H31F3N6O8S. The third kappa shape index (κ3) is 8.43. The quantitative estimate of drug-likeness (QED) is 0.0755. The number of rotatable bonds is 11. The van der Waals surface area contributed by atoms with E-state index < -0.39 is 52.7 Å². The maximum atomic E-state index is 13.5. The first-order chi connectivity index (χ1) is 21.7. The number of halogens is 3. The minimum Gasteiger partial charge on any atom is -0.569 e. The van der Waals surface area contributed by atoms with Crippen LogP contribution in [0.25, 0.3) is 16.9 Å². The number of carbonyl (C=O) groups excluding carboxylic acids is 2. The van der Waals surface area contributed by atoms with Crippen molar-refractivity contribution < 1.29 is 50.5 Å². The largest absolute Gasteiger partial charge is 0.569 e. The van der Waals surface area contributed by atoms with E-state index in [1.54, 1.807) is 42.8 Å². The van der Waals surface area contributed by atoms with E-state index in [1.165, 1.54) is 17.1 Å². The highest BCUT2D eigenvalue weighted by Crippen LogP contribution is 2.33. The van der Waals surface area contributed by atoms with Crippen LogP contribution in [0.5, 0.6) is 0 Å². The molecule has 248 valence electrons. The van der Waals surface area contributed by atoms with Gasteiger partial charge in [0.25, 0.3) is 16.8 Å². The summed E-state index contributed by atoms with van der Waals surface area (Å²) < 4.78 is 78.8. The van der Waals surface area contributed by atoms with Gasteiger partial charge in [0.1, 0.15) is 12.6 Å². The fraction of sp³-hybridized carbons (Fsp3) is 0.393. The average molecular weight is 669 g/mol. The normalized spacial score (nSPS) is 15.6. The standard InChI is InChI=1S/C28H31F3N6O8S/c1-18(2)26(38)44-17-45-34-37(40)35-14-4-5-22(35)16-43-27(39)33-46(41,42)23-12-10-21(11-13-23)36-24(15-25(32-36)28(29,30)31)20-8-6-19(3)7-9-20/h6-13,15,18,22H,4-5,14,16-17H2,1-3H3,(H,33,39)/b37-34-/t22-/m0/s1. The van der Waals surface area contributed by atoms with Crippen LogP contribution >= 0.6 is 0 Å². The molecule has 46 heavy (non-hydrogen) atoms. The minimum atomic E-state index is -4.72. The summed E-state index contributed by atoms with van der Waals surface area (Å²) in [6, 6.07) is 11.7. The lowest BCUT2D eigenvalue weighted by atomic mass is 10.1. The lowest BCUT2D eigenvalue weighted by molar-refractivity contribution is -0.715. The van der Waals surface area contributed by atoms with E-state index in [1.807, 2.05) is 6.92 Å². The van der Waals surface area contributed by atoms with Crippen LogP contribution in [0.15, 0.2) is 64.8 Å². The number of esters is 1. The number of aryl methyl sites for hydroxylation is 1. The van der Waals surface area contributed by atoms with Gasteiger partial charge in [-0.25, -0.2) is 22.6 Å². The molecule has 0 saturated carbocycles. The highest BCUT2D eigenvalue weighted by atomic mass is 32.2. The van der Waals surface area contributed by atoms with Gasteiger partial charge in [-0.2, -0.15) is 18.3 Å². The van der Waals surface area contributed by atoms with Gasteiger partial charge in [0.15, 0.2) is 5.69 Å². The van der Waals surface area contributed by atoms with Crippen molar-refractivity contribution in [2.75, 3.05) is 19.9 Å². The van der Waals surface area contributed by atoms with E-state index in [4.69, 9.17) is 14.3 Å². The zero-order valence-electron chi connectivity index (χ0n) is 24.9. The Morgan fingerprint density at radius 3 is 2.43 bits per heavy atom. The van der Waals surface area contributed by atoms with E-state index in [-0.39, 0.29) is 34.4 Å². The Balaban J connectivity index is 1.39. The van der Waals surface area contributed by atoms with Crippen molar-refractivity contribution >= 4 is 22.1 Å². The molecule has 0 radical (unpaired) electrons. The zero-order chi connectivity index (χ0) is 33.6. The number of benzene rings is 2. The molecule has 1 aliphatic rings. The molecule has 0 bridgehead atoms. The van der Waals surface area contributed by atoms with Gasteiger partial charge in [-0.3, -0.25) is 4.79 Å². The number of nitrogens with zero attached hydrogens (tertiary/aromatic N) is 5. The van der Waals surface area contributed by atoms with E-state index in [9.17, 15) is 36.4 Å². The number of amides is 1. The predicted molar refractivity (Wildman–Crippen MR) is 153 cm³/mol. The molecule has 2 heterocycles. The maximum absolute atomic E-state index is 13.5. The molecule has 1 N–H and O–H groups in total. The SMILES string of the molecule is Cc1ccc(-c2cc(C(F)(F)F)nn2-c2ccc(S(=O)(=O)NC(=O)OC[C@@H]3CCCN3/[N+]([O-])=N/OCOC(=O)C(C)C)cc2)cc1. The van der Waals surface area contributed by atoms with E-state index >= 15 is 0 Å². The highest BCUT2D eigenvalue weighted by Gasteiger charge is 2.36. The fourth-order valence-electron chi connectivity index (χ4n) is 4.37. The molecule has 3 aromatic rings. The number of sulfonamides is 1. The molecule has 0 aliphatic carbocycles. The highest BCUT2D eigenvalue weighted by molar-refractivity contribution is 7.90. The summed E-state index contributed by atoms with van der Waals surface area (Å²) >= 11 is 0. The number of alkyl halides is 3. The molecule has 14 nitrogen and oxygen atoms in total. The third-order valence-electron chi connectivity index (χ3n) is 6.78. The number of hydrogen-bond donors (Lipinski definition) is 1. The van der Waals surface area contributed by atoms with Crippen molar-refractivity contribution in [1.29, 1.82) is 0 Å². The van der Waals surface area contributed by atoms with Crippen molar-refractivity contribution in [3.05, 3.63) is 71.1 Å². The Kier molecular flexibility index (Phi) is 10.4.